The summed E-state index contributed by atoms with van der Waals surface area (Å²) in [5.74, 6) is 0.838. The number of hydrogen-bond acceptors (Lipinski definition) is 2. The van der Waals surface area contributed by atoms with Gasteiger partial charge in [0.1, 0.15) is 0 Å². The van der Waals surface area contributed by atoms with Crippen molar-refractivity contribution in [3.8, 4) is 0 Å². The molecule has 0 aromatic carbocycles. The van der Waals surface area contributed by atoms with Crippen molar-refractivity contribution in [1.29, 1.82) is 0 Å². The minimum Gasteiger partial charge on any atom is -0.310 e. The largest absolute Gasteiger partial charge is 0.310 e. The molecule has 1 aliphatic heterocycles. The van der Waals surface area contributed by atoms with Crippen LogP contribution < -0.4 is 5.32 Å². The highest BCUT2D eigenvalue weighted by Crippen LogP contribution is 2.36. The van der Waals surface area contributed by atoms with Crippen molar-refractivity contribution in [3.05, 3.63) is 36.2 Å². The number of rotatable bonds is 1. The first-order chi connectivity index (χ1) is 6.93. The van der Waals surface area contributed by atoms with E-state index in [4.69, 9.17) is 0 Å². The van der Waals surface area contributed by atoms with E-state index >= 15 is 0 Å². The first kappa shape index (κ1) is 8.18. The minimum atomic E-state index is 0.630. The molecule has 1 aliphatic carbocycles. The molecule has 14 heavy (non-hydrogen) atoms. The molecule has 2 aliphatic rings. The molecule has 0 amide bonds. The molecule has 0 unspecified atom stereocenters. The summed E-state index contributed by atoms with van der Waals surface area (Å²) in [7, 11) is 0. The molecule has 1 saturated heterocycles. The molecule has 2 heterocycles. The highest BCUT2D eigenvalue weighted by Gasteiger charge is 2.31. The summed E-state index contributed by atoms with van der Waals surface area (Å²) in [6.07, 6.45) is 8.73. The van der Waals surface area contributed by atoms with Crippen LogP contribution in [0.5, 0.6) is 0 Å². The zero-order chi connectivity index (χ0) is 9.38. The molecule has 0 saturated carbocycles. The third kappa shape index (κ3) is 1.26. The van der Waals surface area contributed by atoms with E-state index in [2.05, 4.69) is 22.4 Å². The van der Waals surface area contributed by atoms with Gasteiger partial charge < -0.3 is 5.32 Å². The molecule has 72 valence electrons. The van der Waals surface area contributed by atoms with Crippen molar-refractivity contribution in [2.75, 3.05) is 6.54 Å². The maximum absolute atomic E-state index is 4.16. The van der Waals surface area contributed by atoms with Gasteiger partial charge in [-0.1, -0.05) is 12.1 Å². The minimum absolute atomic E-state index is 0.630. The van der Waals surface area contributed by atoms with Gasteiger partial charge >= 0.3 is 0 Å². The van der Waals surface area contributed by atoms with E-state index in [1.165, 1.54) is 30.5 Å². The highest BCUT2D eigenvalue weighted by atomic mass is 15.0. The first-order valence-electron chi connectivity index (χ1n) is 5.28. The summed E-state index contributed by atoms with van der Waals surface area (Å²) in [6.45, 7) is 1.19. The lowest BCUT2D eigenvalue weighted by atomic mass is 10.00. The van der Waals surface area contributed by atoms with E-state index in [0.717, 1.165) is 5.92 Å². The first-order valence-corrected chi connectivity index (χ1v) is 5.28. The summed E-state index contributed by atoms with van der Waals surface area (Å²) in [6, 6.07) is 4.79. The third-order valence-electron chi connectivity index (χ3n) is 3.30. The van der Waals surface area contributed by atoms with Crippen molar-refractivity contribution >= 4 is 5.57 Å². The molecule has 1 aromatic heterocycles. The number of fused-ring (bicyclic) bond motifs is 1. The van der Waals surface area contributed by atoms with Crippen molar-refractivity contribution in [3.63, 3.8) is 0 Å². The molecule has 2 atom stereocenters. The van der Waals surface area contributed by atoms with Gasteiger partial charge in [0.25, 0.3) is 0 Å². The molecular formula is C12H14N2. The number of allylic oxidation sites excluding steroid dienone is 1. The summed E-state index contributed by atoms with van der Waals surface area (Å²) in [5, 5.41) is 3.52. The summed E-state index contributed by atoms with van der Waals surface area (Å²) >= 11 is 0. The van der Waals surface area contributed by atoms with Crippen LogP contribution in [0.1, 0.15) is 18.4 Å². The Hall–Kier alpha value is -1.15. The second-order valence-electron chi connectivity index (χ2n) is 4.17. The Bertz CT molecular complexity index is 356. The number of hydrogen-bond donors (Lipinski definition) is 1. The predicted octanol–water partition coefficient (Wildman–Crippen LogP) is 1.85. The molecule has 0 bridgehead atoms. The number of pyridine rings is 1. The molecule has 2 nitrogen and oxygen atoms in total. The summed E-state index contributed by atoms with van der Waals surface area (Å²) < 4.78 is 0. The monoisotopic (exact) mass is 186 g/mol. The fraction of sp³-hybridized carbons (Fsp3) is 0.417. The van der Waals surface area contributed by atoms with E-state index in [0.29, 0.717) is 6.04 Å². The maximum Gasteiger partial charge on any atom is 0.0342 e. The van der Waals surface area contributed by atoms with Crippen LogP contribution >= 0.6 is 0 Å². The number of aromatic nitrogens is 1. The van der Waals surface area contributed by atoms with Crippen molar-refractivity contribution in [2.45, 2.75) is 18.9 Å². The smallest absolute Gasteiger partial charge is 0.0342 e. The zero-order valence-corrected chi connectivity index (χ0v) is 8.11. The van der Waals surface area contributed by atoms with E-state index in [9.17, 15) is 0 Å². The van der Waals surface area contributed by atoms with Gasteiger partial charge in [0.05, 0.1) is 0 Å². The van der Waals surface area contributed by atoms with Crippen LogP contribution in [0.2, 0.25) is 0 Å². The topological polar surface area (TPSA) is 24.9 Å². The van der Waals surface area contributed by atoms with Crippen molar-refractivity contribution in [1.82, 2.24) is 10.3 Å². The van der Waals surface area contributed by atoms with Gasteiger partial charge in [-0.05, 0) is 42.5 Å². The molecular weight excluding hydrogens is 172 g/mol. The standard InChI is InChI=1S/C12H14N2/c1-2-10(8-13-4-1)11-6-9-3-5-14-12(9)7-11/h1-2,4,7-9,12,14H,3,5-6H2/t9-,12+/m0/s1. The van der Waals surface area contributed by atoms with Crippen LogP contribution in [0.3, 0.4) is 0 Å². The average Bonchev–Trinajstić information content (AvgIpc) is 2.78. The number of nitrogens with one attached hydrogen (secondary N) is 1. The van der Waals surface area contributed by atoms with Crippen LogP contribution in [-0.2, 0) is 0 Å². The van der Waals surface area contributed by atoms with E-state index in [-0.39, 0.29) is 0 Å². The van der Waals surface area contributed by atoms with Crippen LogP contribution in [0.15, 0.2) is 30.6 Å². The lowest BCUT2D eigenvalue weighted by Crippen LogP contribution is -2.20. The van der Waals surface area contributed by atoms with Crippen LogP contribution in [-0.4, -0.2) is 17.6 Å². The van der Waals surface area contributed by atoms with Crippen molar-refractivity contribution < 1.29 is 0 Å². The van der Waals surface area contributed by atoms with Crippen LogP contribution in [0.25, 0.3) is 5.57 Å². The van der Waals surface area contributed by atoms with Gasteiger partial charge in [0.15, 0.2) is 0 Å². The van der Waals surface area contributed by atoms with Crippen LogP contribution in [0.4, 0.5) is 0 Å². The van der Waals surface area contributed by atoms with E-state index < -0.39 is 0 Å². The van der Waals surface area contributed by atoms with Crippen molar-refractivity contribution in [2.24, 2.45) is 5.92 Å². The second-order valence-corrected chi connectivity index (χ2v) is 4.17. The summed E-state index contributed by atoms with van der Waals surface area (Å²) in [5.41, 5.74) is 2.77. The predicted molar refractivity (Wildman–Crippen MR) is 56.7 cm³/mol. The SMILES string of the molecule is C1=C(c2cccnc2)C[C@@H]2CCN[C@H]12. The third-order valence-corrected chi connectivity index (χ3v) is 3.30. The Morgan fingerprint density at radius 1 is 1.43 bits per heavy atom. The normalized spacial score (nSPS) is 30.1. The number of nitrogens with zero attached hydrogens (tertiary/aromatic N) is 1. The molecule has 0 radical (unpaired) electrons. The highest BCUT2D eigenvalue weighted by molar-refractivity contribution is 5.68. The average molecular weight is 186 g/mol. The fourth-order valence-corrected chi connectivity index (χ4v) is 2.54. The lowest BCUT2D eigenvalue weighted by Gasteiger charge is -2.06. The molecule has 1 fully saturated rings. The Morgan fingerprint density at radius 3 is 3.21 bits per heavy atom. The Kier molecular flexibility index (Phi) is 1.88. The van der Waals surface area contributed by atoms with Gasteiger partial charge in [-0.15, -0.1) is 0 Å². The second kappa shape index (κ2) is 3.21. The summed E-state index contributed by atoms with van der Waals surface area (Å²) in [4.78, 5) is 4.16. The van der Waals surface area contributed by atoms with Gasteiger partial charge in [-0.2, -0.15) is 0 Å². The van der Waals surface area contributed by atoms with Gasteiger partial charge in [0.2, 0.25) is 0 Å². The van der Waals surface area contributed by atoms with Gasteiger partial charge in [0, 0.05) is 18.4 Å². The lowest BCUT2D eigenvalue weighted by molar-refractivity contribution is 0.553. The maximum atomic E-state index is 4.16. The van der Waals surface area contributed by atoms with Gasteiger partial charge in [-0.3, -0.25) is 4.98 Å². The quantitative estimate of drug-likeness (QED) is 0.724. The molecule has 3 rings (SSSR count). The van der Waals surface area contributed by atoms with E-state index in [1.807, 2.05) is 18.5 Å². The fourth-order valence-electron chi connectivity index (χ4n) is 2.54. The molecule has 1 aromatic rings. The molecule has 1 N–H and O–H groups in total. The zero-order valence-electron chi connectivity index (χ0n) is 8.11. The van der Waals surface area contributed by atoms with Crippen LogP contribution in [0, 0.1) is 5.92 Å². The molecule has 0 spiro atoms. The Labute approximate surface area is 84.1 Å². The Balaban J connectivity index is 1.88. The Morgan fingerprint density at radius 2 is 2.43 bits per heavy atom. The van der Waals surface area contributed by atoms with Gasteiger partial charge in [-0.25, -0.2) is 0 Å². The molecule has 2 heteroatoms. The van der Waals surface area contributed by atoms with E-state index in [1.54, 1.807) is 0 Å².